The molecular weight excluding hydrogens is 245 g/mol. The molecule has 0 saturated heterocycles. The molecule has 0 radical (unpaired) electrons. The summed E-state index contributed by atoms with van der Waals surface area (Å²) in [5.74, 6) is -1.19. The second-order valence-electron chi connectivity index (χ2n) is 5.01. The van der Waals surface area contributed by atoms with Crippen LogP contribution in [0.15, 0.2) is 12.4 Å². The van der Waals surface area contributed by atoms with Crippen molar-refractivity contribution >= 4 is 0 Å². The van der Waals surface area contributed by atoms with E-state index < -0.39 is 18.2 Å². The molecule has 1 aromatic rings. The van der Waals surface area contributed by atoms with Gasteiger partial charge >= 0.3 is 6.18 Å². The van der Waals surface area contributed by atoms with Crippen LogP contribution in [0.1, 0.15) is 37.6 Å². The summed E-state index contributed by atoms with van der Waals surface area (Å²) in [6, 6.07) is 0. The van der Waals surface area contributed by atoms with Crippen molar-refractivity contribution in [2.24, 2.45) is 18.9 Å². The third-order valence-electron chi connectivity index (χ3n) is 3.75. The van der Waals surface area contributed by atoms with E-state index in [0.717, 1.165) is 0 Å². The smallest absolute Gasteiger partial charge is 0.385 e. The van der Waals surface area contributed by atoms with Gasteiger partial charge in [0, 0.05) is 19.4 Å². The van der Waals surface area contributed by atoms with Crippen molar-refractivity contribution in [2.75, 3.05) is 0 Å². The highest BCUT2D eigenvalue weighted by Crippen LogP contribution is 2.43. The summed E-state index contributed by atoms with van der Waals surface area (Å²) >= 11 is 0. The van der Waals surface area contributed by atoms with Gasteiger partial charge in [-0.3, -0.25) is 0 Å². The molecule has 1 aliphatic carbocycles. The molecule has 3 atom stereocenters. The number of aliphatic hydroxyl groups excluding tert-OH is 1. The van der Waals surface area contributed by atoms with Gasteiger partial charge in [0.1, 0.15) is 11.9 Å². The molecule has 3 unspecified atom stereocenters. The van der Waals surface area contributed by atoms with E-state index in [1.165, 1.54) is 0 Å². The second kappa shape index (κ2) is 4.91. The number of aromatic nitrogens is 2. The standard InChI is InChI=1S/C12H17F3N2O/c1-17-6-5-16-11(17)10(18)8-3-2-4-9(7-8)12(13,14)15/h5-6,8-10,18H,2-4,7H2,1H3. The molecule has 3 nitrogen and oxygen atoms in total. The predicted octanol–water partition coefficient (Wildman–Crippen LogP) is 2.82. The number of imidazole rings is 1. The Hall–Kier alpha value is -1.04. The average Bonchev–Trinajstić information content (AvgIpc) is 2.73. The van der Waals surface area contributed by atoms with Crippen LogP contribution in [0.25, 0.3) is 0 Å². The Labute approximate surface area is 104 Å². The second-order valence-corrected chi connectivity index (χ2v) is 5.01. The molecule has 1 heterocycles. The molecule has 1 fully saturated rings. The highest BCUT2D eigenvalue weighted by molar-refractivity contribution is 4.99. The fourth-order valence-electron chi connectivity index (χ4n) is 2.68. The van der Waals surface area contributed by atoms with Crippen LogP contribution in [0, 0.1) is 11.8 Å². The Kier molecular flexibility index (Phi) is 3.66. The fourth-order valence-corrected chi connectivity index (χ4v) is 2.68. The summed E-state index contributed by atoms with van der Waals surface area (Å²) in [5, 5.41) is 10.1. The third-order valence-corrected chi connectivity index (χ3v) is 3.75. The van der Waals surface area contributed by atoms with Gasteiger partial charge in [-0.1, -0.05) is 6.42 Å². The molecule has 0 aromatic carbocycles. The van der Waals surface area contributed by atoms with Crippen molar-refractivity contribution in [3.8, 4) is 0 Å². The zero-order chi connectivity index (χ0) is 13.3. The normalized spacial score (nSPS) is 27.2. The molecular formula is C12H17F3N2O. The van der Waals surface area contributed by atoms with Gasteiger partial charge in [0.25, 0.3) is 0 Å². The first-order valence-corrected chi connectivity index (χ1v) is 6.11. The molecule has 0 spiro atoms. The van der Waals surface area contributed by atoms with Crippen molar-refractivity contribution < 1.29 is 18.3 Å². The predicted molar refractivity (Wildman–Crippen MR) is 59.7 cm³/mol. The zero-order valence-corrected chi connectivity index (χ0v) is 10.2. The fraction of sp³-hybridized carbons (Fsp3) is 0.750. The van der Waals surface area contributed by atoms with E-state index in [4.69, 9.17) is 0 Å². The Morgan fingerprint density at radius 3 is 2.72 bits per heavy atom. The Morgan fingerprint density at radius 2 is 2.17 bits per heavy atom. The SMILES string of the molecule is Cn1ccnc1C(O)C1CCCC(C(F)(F)F)C1. The Morgan fingerprint density at radius 1 is 1.44 bits per heavy atom. The van der Waals surface area contributed by atoms with E-state index in [2.05, 4.69) is 4.98 Å². The molecule has 102 valence electrons. The summed E-state index contributed by atoms with van der Waals surface area (Å²) in [6.45, 7) is 0. The topological polar surface area (TPSA) is 38.0 Å². The van der Waals surface area contributed by atoms with Crippen molar-refractivity contribution in [3.05, 3.63) is 18.2 Å². The van der Waals surface area contributed by atoms with Crippen molar-refractivity contribution in [1.29, 1.82) is 0 Å². The lowest BCUT2D eigenvalue weighted by molar-refractivity contribution is -0.189. The lowest BCUT2D eigenvalue weighted by Gasteiger charge is -2.32. The molecule has 1 saturated carbocycles. The molecule has 1 N–H and O–H groups in total. The summed E-state index contributed by atoms with van der Waals surface area (Å²) in [5.41, 5.74) is 0. The lowest BCUT2D eigenvalue weighted by Crippen LogP contribution is -2.31. The molecule has 18 heavy (non-hydrogen) atoms. The summed E-state index contributed by atoms with van der Waals surface area (Å²) in [6.07, 6.45) is -0.525. The lowest BCUT2D eigenvalue weighted by atomic mass is 9.78. The van der Waals surface area contributed by atoms with Crippen LogP contribution >= 0.6 is 0 Å². The summed E-state index contributed by atoms with van der Waals surface area (Å²) < 4.78 is 39.7. The first kappa shape index (κ1) is 13.4. The summed E-state index contributed by atoms with van der Waals surface area (Å²) in [7, 11) is 1.73. The van der Waals surface area contributed by atoms with E-state index >= 15 is 0 Å². The largest absolute Gasteiger partial charge is 0.391 e. The van der Waals surface area contributed by atoms with Crippen molar-refractivity contribution in [1.82, 2.24) is 9.55 Å². The third kappa shape index (κ3) is 2.68. The summed E-state index contributed by atoms with van der Waals surface area (Å²) in [4.78, 5) is 4.01. The minimum atomic E-state index is -4.15. The van der Waals surface area contributed by atoms with Crippen LogP contribution in [0.5, 0.6) is 0 Å². The van der Waals surface area contributed by atoms with Gasteiger partial charge in [-0.05, 0) is 25.2 Å². The van der Waals surface area contributed by atoms with E-state index in [9.17, 15) is 18.3 Å². The van der Waals surface area contributed by atoms with Gasteiger partial charge in [-0.2, -0.15) is 13.2 Å². The number of hydrogen-bond donors (Lipinski definition) is 1. The van der Waals surface area contributed by atoms with E-state index in [0.29, 0.717) is 18.7 Å². The van der Waals surface area contributed by atoms with Gasteiger partial charge in [-0.15, -0.1) is 0 Å². The first-order valence-electron chi connectivity index (χ1n) is 6.11. The van der Waals surface area contributed by atoms with Crippen molar-refractivity contribution in [3.63, 3.8) is 0 Å². The molecule has 2 rings (SSSR count). The number of aliphatic hydroxyl groups is 1. The Balaban J connectivity index is 2.07. The van der Waals surface area contributed by atoms with Crippen LogP contribution in [0.3, 0.4) is 0 Å². The maximum absolute atomic E-state index is 12.7. The number of aryl methyl sites for hydroxylation is 1. The quantitative estimate of drug-likeness (QED) is 0.890. The molecule has 1 aliphatic rings. The maximum atomic E-state index is 12.7. The van der Waals surface area contributed by atoms with Crippen LogP contribution in [-0.4, -0.2) is 20.8 Å². The number of hydrogen-bond acceptors (Lipinski definition) is 2. The van der Waals surface area contributed by atoms with Crippen LogP contribution in [0.4, 0.5) is 13.2 Å². The molecule has 0 aliphatic heterocycles. The number of halogens is 3. The van der Waals surface area contributed by atoms with Gasteiger partial charge in [-0.25, -0.2) is 4.98 Å². The number of alkyl halides is 3. The minimum Gasteiger partial charge on any atom is -0.385 e. The minimum absolute atomic E-state index is 0.00245. The van der Waals surface area contributed by atoms with Gasteiger partial charge in [0.2, 0.25) is 0 Å². The zero-order valence-electron chi connectivity index (χ0n) is 10.2. The van der Waals surface area contributed by atoms with Gasteiger partial charge in [0.15, 0.2) is 0 Å². The molecule has 6 heteroatoms. The average molecular weight is 262 g/mol. The van der Waals surface area contributed by atoms with E-state index in [-0.39, 0.29) is 18.8 Å². The van der Waals surface area contributed by atoms with Gasteiger partial charge < -0.3 is 9.67 Å². The highest BCUT2D eigenvalue weighted by Gasteiger charge is 2.43. The number of nitrogens with zero attached hydrogens (tertiary/aromatic N) is 2. The van der Waals surface area contributed by atoms with Crippen LogP contribution in [-0.2, 0) is 7.05 Å². The number of rotatable bonds is 2. The molecule has 1 aromatic heterocycles. The van der Waals surface area contributed by atoms with E-state index in [1.54, 1.807) is 24.0 Å². The molecule has 0 amide bonds. The maximum Gasteiger partial charge on any atom is 0.391 e. The highest BCUT2D eigenvalue weighted by atomic mass is 19.4. The first-order chi connectivity index (χ1) is 8.39. The van der Waals surface area contributed by atoms with Crippen LogP contribution in [0.2, 0.25) is 0 Å². The Bertz CT molecular complexity index is 402. The van der Waals surface area contributed by atoms with E-state index in [1.807, 2.05) is 0 Å². The van der Waals surface area contributed by atoms with Crippen LogP contribution < -0.4 is 0 Å². The van der Waals surface area contributed by atoms with Gasteiger partial charge in [0.05, 0.1) is 5.92 Å². The van der Waals surface area contributed by atoms with Crippen molar-refractivity contribution in [2.45, 2.75) is 38.0 Å². The monoisotopic (exact) mass is 262 g/mol. The molecule has 0 bridgehead atoms.